The number of carbonyl (C=O) groups excluding carboxylic acids is 1. The molecule has 2 aromatic heterocycles. The molecule has 202 valence electrons. The number of carbonyl (C=O) groups is 1. The van der Waals surface area contributed by atoms with E-state index < -0.39 is 4.92 Å². The van der Waals surface area contributed by atoms with Gasteiger partial charge in [-0.15, -0.1) is 0 Å². The van der Waals surface area contributed by atoms with Gasteiger partial charge in [0.1, 0.15) is 0 Å². The van der Waals surface area contributed by atoms with Crippen molar-refractivity contribution in [2.24, 2.45) is 0 Å². The fourth-order valence-corrected chi connectivity index (χ4v) is 4.62. The molecule has 1 aliphatic rings. The van der Waals surface area contributed by atoms with Crippen LogP contribution in [0.4, 0.5) is 17.6 Å². The molecule has 0 bridgehead atoms. The van der Waals surface area contributed by atoms with Gasteiger partial charge in [0.05, 0.1) is 11.1 Å². The zero-order valence-corrected chi connectivity index (χ0v) is 22.0. The number of ketones is 1. The predicted octanol–water partition coefficient (Wildman–Crippen LogP) is 4.78. The summed E-state index contributed by atoms with van der Waals surface area (Å²) in [5.74, 6) is 1.19. The molecule has 0 saturated carbocycles. The number of hydrogen-bond donors (Lipinski definition) is 2. The SMILES string of the molecule is CC(C)c1cnn2c(NCc3cccc(CC(=O)c4cccc([N+](=O)[O-])c4)c3)nc(NC3CCOCC3)nc12. The highest BCUT2D eigenvalue weighted by Crippen LogP contribution is 2.24. The van der Waals surface area contributed by atoms with Crippen LogP contribution in [0.25, 0.3) is 5.65 Å². The van der Waals surface area contributed by atoms with Crippen LogP contribution in [0.15, 0.2) is 54.7 Å². The van der Waals surface area contributed by atoms with Crippen LogP contribution in [0, 0.1) is 10.1 Å². The second-order valence-electron chi connectivity index (χ2n) is 9.97. The highest BCUT2D eigenvalue weighted by Gasteiger charge is 2.19. The molecular weight excluding hydrogens is 498 g/mol. The van der Waals surface area contributed by atoms with Gasteiger partial charge < -0.3 is 15.4 Å². The van der Waals surface area contributed by atoms with Crippen molar-refractivity contribution in [3.8, 4) is 0 Å². The second kappa shape index (κ2) is 11.6. The van der Waals surface area contributed by atoms with E-state index in [1.807, 2.05) is 30.5 Å². The molecule has 0 atom stereocenters. The number of anilines is 2. The molecule has 2 N–H and O–H groups in total. The summed E-state index contributed by atoms with van der Waals surface area (Å²) in [6.45, 7) is 6.11. The van der Waals surface area contributed by atoms with Gasteiger partial charge in [0, 0.05) is 55.5 Å². The van der Waals surface area contributed by atoms with Gasteiger partial charge in [0.15, 0.2) is 11.4 Å². The Kier molecular flexibility index (Phi) is 7.78. The van der Waals surface area contributed by atoms with Crippen LogP contribution in [0.3, 0.4) is 0 Å². The summed E-state index contributed by atoms with van der Waals surface area (Å²) in [5.41, 5.74) is 3.80. The number of non-ortho nitro benzene ring substituents is 1. The Morgan fingerprint density at radius 3 is 2.67 bits per heavy atom. The largest absolute Gasteiger partial charge is 0.381 e. The van der Waals surface area contributed by atoms with E-state index >= 15 is 0 Å². The van der Waals surface area contributed by atoms with Crippen LogP contribution >= 0.6 is 0 Å². The van der Waals surface area contributed by atoms with Gasteiger partial charge in [-0.2, -0.15) is 19.6 Å². The monoisotopic (exact) mass is 529 g/mol. The smallest absolute Gasteiger partial charge is 0.270 e. The summed E-state index contributed by atoms with van der Waals surface area (Å²) in [7, 11) is 0. The van der Waals surface area contributed by atoms with E-state index in [0.717, 1.165) is 48.4 Å². The highest BCUT2D eigenvalue weighted by molar-refractivity contribution is 5.98. The summed E-state index contributed by atoms with van der Waals surface area (Å²) in [6.07, 6.45) is 3.77. The summed E-state index contributed by atoms with van der Waals surface area (Å²) in [5, 5.41) is 22.5. The summed E-state index contributed by atoms with van der Waals surface area (Å²) in [6, 6.07) is 13.8. The number of aromatic nitrogens is 4. The lowest BCUT2D eigenvalue weighted by atomic mass is 10.0. The van der Waals surface area contributed by atoms with Crippen molar-refractivity contribution < 1.29 is 14.5 Å². The average molecular weight is 530 g/mol. The first kappa shape index (κ1) is 26.2. The molecule has 39 heavy (non-hydrogen) atoms. The normalized spacial score (nSPS) is 14.0. The van der Waals surface area contributed by atoms with Gasteiger partial charge in [-0.25, -0.2) is 0 Å². The zero-order valence-electron chi connectivity index (χ0n) is 22.0. The van der Waals surface area contributed by atoms with Gasteiger partial charge in [0.25, 0.3) is 5.69 Å². The third-order valence-corrected chi connectivity index (χ3v) is 6.76. The maximum absolute atomic E-state index is 12.8. The van der Waals surface area contributed by atoms with Crippen molar-refractivity contribution in [3.05, 3.63) is 87.1 Å². The molecule has 11 heteroatoms. The lowest BCUT2D eigenvalue weighted by Crippen LogP contribution is -2.29. The number of Topliss-reactive ketones (excluding diaryl/α,β-unsaturated/α-hetero) is 1. The molecule has 0 spiro atoms. The first-order chi connectivity index (χ1) is 18.9. The fraction of sp³-hybridized carbons (Fsp3) is 0.357. The third-order valence-electron chi connectivity index (χ3n) is 6.76. The molecule has 0 amide bonds. The van der Waals surface area contributed by atoms with Crippen LogP contribution in [0.5, 0.6) is 0 Å². The maximum Gasteiger partial charge on any atom is 0.270 e. The molecule has 1 aliphatic heterocycles. The quantitative estimate of drug-likeness (QED) is 0.169. The number of nitro groups is 1. The lowest BCUT2D eigenvalue weighted by molar-refractivity contribution is -0.384. The van der Waals surface area contributed by atoms with E-state index in [9.17, 15) is 14.9 Å². The lowest BCUT2D eigenvalue weighted by Gasteiger charge is -2.23. The van der Waals surface area contributed by atoms with Crippen LogP contribution in [-0.4, -0.2) is 49.5 Å². The van der Waals surface area contributed by atoms with Gasteiger partial charge in [-0.05, 0) is 29.9 Å². The van der Waals surface area contributed by atoms with Crippen LogP contribution < -0.4 is 10.6 Å². The minimum Gasteiger partial charge on any atom is -0.381 e. The van der Waals surface area contributed by atoms with E-state index in [4.69, 9.17) is 14.7 Å². The molecule has 0 radical (unpaired) electrons. The Morgan fingerprint density at radius 2 is 1.90 bits per heavy atom. The summed E-state index contributed by atoms with van der Waals surface area (Å²) < 4.78 is 7.20. The van der Waals surface area contributed by atoms with E-state index in [1.54, 1.807) is 10.6 Å². The van der Waals surface area contributed by atoms with E-state index in [2.05, 4.69) is 29.6 Å². The Bertz CT molecular complexity index is 1490. The number of fused-ring (bicyclic) bond motifs is 1. The van der Waals surface area contributed by atoms with Crippen molar-refractivity contribution in [1.29, 1.82) is 0 Å². The molecule has 2 aromatic carbocycles. The number of ether oxygens (including phenoxy) is 1. The van der Waals surface area contributed by atoms with Gasteiger partial charge >= 0.3 is 0 Å². The predicted molar refractivity (Wildman–Crippen MR) is 147 cm³/mol. The summed E-state index contributed by atoms with van der Waals surface area (Å²) >= 11 is 0. The van der Waals surface area contributed by atoms with Crippen LogP contribution in [0.1, 0.15) is 59.7 Å². The van der Waals surface area contributed by atoms with Crippen LogP contribution in [-0.2, 0) is 17.7 Å². The number of nitrogens with zero attached hydrogens (tertiary/aromatic N) is 5. The van der Waals surface area contributed by atoms with Crippen molar-refractivity contribution in [2.75, 3.05) is 23.8 Å². The van der Waals surface area contributed by atoms with Crippen molar-refractivity contribution >= 4 is 29.0 Å². The molecule has 11 nitrogen and oxygen atoms in total. The van der Waals surface area contributed by atoms with Gasteiger partial charge in [-0.1, -0.05) is 50.2 Å². The molecule has 0 aliphatic carbocycles. The van der Waals surface area contributed by atoms with Crippen molar-refractivity contribution in [3.63, 3.8) is 0 Å². The number of nitrogens with one attached hydrogen (secondary N) is 2. The minimum absolute atomic E-state index is 0.0973. The maximum atomic E-state index is 12.8. The Labute approximate surface area is 225 Å². The molecule has 1 saturated heterocycles. The number of nitro benzene ring substituents is 1. The Hall–Kier alpha value is -4.38. The van der Waals surface area contributed by atoms with E-state index in [0.29, 0.717) is 24.0 Å². The van der Waals surface area contributed by atoms with E-state index in [1.165, 1.54) is 18.2 Å². The van der Waals surface area contributed by atoms with Crippen molar-refractivity contribution in [2.45, 2.75) is 51.6 Å². The fourth-order valence-electron chi connectivity index (χ4n) is 4.62. The Morgan fingerprint density at radius 1 is 1.13 bits per heavy atom. The molecule has 0 unspecified atom stereocenters. The van der Waals surface area contributed by atoms with Crippen LogP contribution in [0.2, 0.25) is 0 Å². The molecular formula is C28H31N7O4. The Balaban J connectivity index is 1.33. The highest BCUT2D eigenvalue weighted by atomic mass is 16.6. The number of rotatable bonds is 10. The average Bonchev–Trinajstić information content (AvgIpc) is 3.37. The molecule has 1 fully saturated rings. The van der Waals surface area contributed by atoms with E-state index in [-0.39, 0.29) is 29.9 Å². The molecule has 5 rings (SSSR count). The van der Waals surface area contributed by atoms with Gasteiger partial charge in [-0.3, -0.25) is 14.9 Å². The van der Waals surface area contributed by atoms with Crippen molar-refractivity contribution in [1.82, 2.24) is 19.6 Å². The first-order valence-corrected chi connectivity index (χ1v) is 13.1. The summed E-state index contributed by atoms with van der Waals surface area (Å²) in [4.78, 5) is 32.9. The van der Waals surface area contributed by atoms with Gasteiger partial charge in [0.2, 0.25) is 11.9 Å². The minimum atomic E-state index is -0.499. The third kappa shape index (κ3) is 6.20. The first-order valence-electron chi connectivity index (χ1n) is 13.1. The number of benzene rings is 2. The molecule has 4 aromatic rings. The standard InChI is InChI=1S/C28H31N7O4/c1-18(2)24-17-30-34-26(24)32-27(31-22-9-11-39-12-10-22)33-28(34)29-16-20-6-3-5-19(13-20)14-25(36)21-7-4-8-23(15-21)35(37)38/h3-8,13,15,17-18,22H,9-12,14,16H2,1-2H3,(H2,29,31,32,33). The topological polar surface area (TPSA) is 137 Å². The molecule has 3 heterocycles. The number of hydrogen-bond acceptors (Lipinski definition) is 9. The second-order valence-corrected chi connectivity index (χ2v) is 9.97. The zero-order chi connectivity index (χ0) is 27.4.